The number of likely N-dealkylation sites (N-methyl/N-ethyl adjacent to an activating group) is 1. The van der Waals surface area contributed by atoms with Crippen LogP contribution < -0.4 is 15.5 Å². The van der Waals surface area contributed by atoms with Gasteiger partial charge in [-0.15, -0.1) is 0 Å². The summed E-state index contributed by atoms with van der Waals surface area (Å²) in [4.78, 5) is 29.5. The summed E-state index contributed by atoms with van der Waals surface area (Å²) in [5.74, 6) is 0.536. The number of amides is 2. The van der Waals surface area contributed by atoms with Crippen LogP contribution in [0.2, 0.25) is 0 Å². The van der Waals surface area contributed by atoms with Gasteiger partial charge in [-0.05, 0) is 31.2 Å². The van der Waals surface area contributed by atoms with E-state index in [9.17, 15) is 9.59 Å². The monoisotopic (exact) mass is 347 g/mol. The molecule has 0 unspecified atom stereocenters. The van der Waals surface area contributed by atoms with Crippen molar-refractivity contribution in [1.29, 1.82) is 0 Å². The lowest BCUT2D eigenvalue weighted by molar-refractivity contribution is -0.115. The third-order valence-electron chi connectivity index (χ3n) is 3.25. The molecule has 7 nitrogen and oxygen atoms in total. The molecule has 2 N–H and O–H groups in total. The number of nitrogens with one attached hydrogen (secondary N) is 2. The van der Waals surface area contributed by atoms with Crippen molar-refractivity contribution in [2.24, 2.45) is 0 Å². The van der Waals surface area contributed by atoms with Crippen LogP contribution in [0.25, 0.3) is 0 Å². The van der Waals surface area contributed by atoms with Gasteiger partial charge in [-0.25, -0.2) is 4.98 Å². The Labute approximate surface area is 145 Å². The van der Waals surface area contributed by atoms with Crippen LogP contribution in [0.1, 0.15) is 26.6 Å². The van der Waals surface area contributed by atoms with Gasteiger partial charge in [0.05, 0.1) is 6.54 Å². The van der Waals surface area contributed by atoms with Crippen molar-refractivity contribution in [3.63, 3.8) is 0 Å². The molecule has 0 fully saturated rings. The first kappa shape index (κ1) is 17.9. The molecule has 0 radical (unpaired) electrons. The maximum absolute atomic E-state index is 12.2. The summed E-state index contributed by atoms with van der Waals surface area (Å²) in [6, 6.07) is 6.99. The predicted molar refractivity (Wildman–Crippen MR) is 96.5 cm³/mol. The Morgan fingerprint density at radius 2 is 1.75 bits per heavy atom. The highest BCUT2D eigenvalue weighted by molar-refractivity contribution is 7.09. The lowest BCUT2D eigenvalue weighted by Gasteiger charge is -2.18. The Balaban J connectivity index is 1.94. The average molecular weight is 347 g/mol. The van der Waals surface area contributed by atoms with E-state index in [2.05, 4.69) is 20.0 Å². The van der Waals surface area contributed by atoms with Crippen LogP contribution in [-0.4, -0.2) is 34.3 Å². The first-order valence-corrected chi connectivity index (χ1v) is 8.54. The average Bonchev–Trinajstić information content (AvgIpc) is 3.03. The van der Waals surface area contributed by atoms with E-state index in [1.807, 2.05) is 18.7 Å². The molecule has 1 heterocycles. The molecule has 0 saturated heterocycles. The molecule has 0 spiro atoms. The van der Waals surface area contributed by atoms with E-state index < -0.39 is 0 Å². The summed E-state index contributed by atoms with van der Waals surface area (Å²) in [6.45, 7) is 6.31. The minimum atomic E-state index is -0.131. The van der Waals surface area contributed by atoms with Gasteiger partial charge in [0, 0.05) is 42.8 Å². The predicted octanol–water partition coefficient (Wildman–Crippen LogP) is 2.52. The minimum absolute atomic E-state index is 0.127. The van der Waals surface area contributed by atoms with Gasteiger partial charge in [0.2, 0.25) is 16.9 Å². The molecule has 24 heavy (non-hydrogen) atoms. The number of nitrogens with zero attached hydrogens (tertiary/aromatic N) is 3. The Morgan fingerprint density at radius 1 is 1.12 bits per heavy atom. The number of hydrogen-bond donors (Lipinski definition) is 2. The maximum Gasteiger partial charge on any atom is 0.243 e. The highest BCUT2D eigenvalue weighted by atomic mass is 32.1. The molecule has 1 aromatic heterocycles. The number of benzene rings is 1. The second-order valence-corrected chi connectivity index (χ2v) is 5.90. The molecule has 2 amide bonds. The van der Waals surface area contributed by atoms with Crippen molar-refractivity contribution in [3.8, 4) is 0 Å². The number of aromatic nitrogens is 2. The molecule has 0 atom stereocenters. The molecule has 0 aliphatic rings. The summed E-state index contributed by atoms with van der Waals surface area (Å²) >= 11 is 1.31. The summed E-state index contributed by atoms with van der Waals surface area (Å²) < 4.78 is 4.25. The van der Waals surface area contributed by atoms with Crippen LogP contribution in [0.3, 0.4) is 0 Å². The van der Waals surface area contributed by atoms with Crippen molar-refractivity contribution < 1.29 is 9.59 Å². The molecule has 2 aromatic rings. The molecule has 1 aromatic carbocycles. The van der Waals surface area contributed by atoms with Gasteiger partial charge in [0.15, 0.2) is 0 Å². The SMILES string of the molecule is CCc1nsc(N(CC)CC(=O)Nc2ccc(NC(C)=O)cc2)n1. The van der Waals surface area contributed by atoms with Gasteiger partial charge in [-0.3, -0.25) is 9.59 Å². The van der Waals surface area contributed by atoms with Crippen LogP contribution in [0, 0.1) is 0 Å². The normalized spacial score (nSPS) is 10.3. The number of carbonyl (C=O) groups is 2. The van der Waals surface area contributed by atoms with E-state index in [0.29, 0.717) is 17.9 Å². The molecule has 2 rings (SSSR count). The van der Waals surface area contributed by atoms with Gasteiger partial charge in [0.1, 0.15) is 5.82 Å². The number of carbonyl (C=O) groups excluding carboxylic acids is 2. The molecule has 0 saturated carbocycles. The zero-order chi connectivity index (χ0) is 17.5. The highest BCUT2D eigenvalue weighted by Gasteiger charge is 2.14. The zero-order valence-corrected chi connectivity index (χ0v) is 14.8. The number of hydrogen-bond acceptors (Lipinski definition) is 6. The van der Waals surface area contributed by atoms with Gasteiger partial charge in [0.25, 0.3) is 0 Å². The summed E-state index contributed by atoms with van der Waals surface area (Å²) in [6.07, 6.45) is 0.779. The zero-order valence-electron chi connectivity index (χ0n) is 14.0. The van der Waals surface area contributed by atoms with Crippen LogP contribution in [-0.2, 0) is 16.0 Å². The third kappa shape index (κ3) is 5.02. The molecule has 0 aliphatic heterocycles. The van der Waals surface area contributed by atoms with Crippen molar-refractivity contribution in [1.82, 2.24) is 9.36 Å². The Morgan fingerprint density at radius 3 is 2.25 bits per heavy atom. The lowest BCUT2D eigenvalue weighted by Crippen LogP contribution is -2.33. The fourth-order valence-electron chi connectivity index (χ4n) is 2.05. The Hall–Kier alpha value is -2.48. The Bertz CT molecular complexity index is 699. The van der Waals surface area contributed by atoms with Crippen LogP contribution in [0.5, 0.6) is 0 Å². The fourth-order valence-corrected chi connectivity index (χ4v) is 2.86. The van der Waals surface area contributed by atoms with Crippen molar-refractivity contribution >= 4 is 39.9 Å². The topological polar surface area (TPSA) is 87.2 Å². The second-order valence-electron chi connectivity index (χ2n) is 5.17. The maximum atomic E-state index is 12.2. The third-order valence-corrected chi connectivity index (χ3v) is 4.06. The number of anilines is 3. The fraction of sp³-hybridized carbons (Fsp3) is 0.375. The van der Waals surface area contributed by atoms with Crippen molar-refractivity contribution in [2.75, 3.05) is 28.6 Å². The number of aryl methyl sites for hydroxylation is 1. The van der Waals surface area contributed by atoms with Crippen LogP contribution in [0.15, 0.2) is 24.3 Å². The quantitative estimate of drug-likeness (QED) is 0.804. The lowest BCUT2D eigenvalue weighted by atomic mass is 10.2. The first-order valence-electron chi connectivity index (χ1n) is 7.76. The van der Waals surface area contributed by atoms with Crippen molar-refractivity contribution in [2.45, 2.75) is 27.2 Å². The van der Waals surface area contributed by atoms with Gasteiger partial charge >= 0.3 is 0 Å². The number of rotatable bonds is 7. The van der Waals surface area contributed by atoms with Crippen molar-refractivity contribution in [3.05, 3.63) is 30.1 Å². The van der Waals surface area contributed by atoms with E-state index in [1.54, 1.807) is 24.3 Å². The van der Waals surface area contributed by atoms with Gasteiger partial charge < -0.3 is 15.5 Å². The first-order chi connectivity index (χ1) is 11.5. The van der Waals surface area contributed by atoms with E-state index in [-0.39, 0.29) is 18.4 Å². The van der Waals surface area contributed by atoms with E-state index in [0.717, 1.165) is 17.4 Å². The molecular formula is C16H21N5O2S. The minimum Gasteiger partial charge on any atom is -0.338 e. The van der Waals surface area contributed by atoms with Crippen LogP contribution in [0.4, 0.5) is 16.5 Å². The van der Waals surface area contributed by atoms with E-state index in [1.165, 1.54) is 18.5 Å². The van der Waals surface area contributed by atoms with Gasteiger partial charge in [-0.1, -0.05) is 6.92 Å². The highest BCUT2D eigenvalue weighted by Crippen LogP contribution is 2.18. The van der Waals surface area contributed by atoms with Crippen LogP contribution >= 0.6 is 11.5 Å². The van der Waals surface area contributed by atoms with E-state index in [4.69, 9.17) is 0 Å². The molecular weight excluding hydrogens is 326 g/mol. The molecule has 8 heteroatoms. The van der Waals surface area contributed by atoms with Gasteiger partial charge in [-0.2, -0.15) is 4.37 Å². The Kier molecular flexibility index (Phi) is 6.25. The smallest absolute Gasteiger partial charge is 0.243 e. The molecule has 128 valence electrons. The standard InChI is InChI=1S/C16H21N5O2S/c1-4-14-19-16(24-20-14)21(5-2)10-15(23)18-13-8-6-12(7-9-13)17-11(3)22/h6-9H,4-5,10H2,1-3H3,(H,17,22)(H,18,23). The molecule has 0 aliphatic carbocycles. The second kappa shape index (κ2) is 8.39. The molecule has 0 bridgehead atoms. The summed E-state index contributed by atoms with van der Waals surface area (Å²) in [7, 11) is 0. The van der Waals surface area contributed by atoms with E-state index >= 15 is 0 Å². The summed E-state index contributed by atoms with van der Waals surface area (Å²) in [5.41, 5.74) is 1.37. The largest absolute Gasteiger partial charge is 0.338 e. The summed E-state index contributed by atoms with van der Waals surface area (Å²) in [5, 5.41) is 6.28.